The zero-order chi connectivity index (χ0) is 27.7. The monoisotopic (exact) mass is 559 g/mol. The van der Waals surface area contributed by atoms with Gasteiger partial charge in [0.25, 0.3) is 0 Å². The van der Waals surface area contributed by atoms with Crippen molar-refractivity contribution in [1.82, 2.24) is 24.7 Å². The Morgan fingerprint density at radius 2 is 1.77 bits per heavy atom. The molecule has 0 aliphatic carbocycles. The summed E-state index contributed by atoms with van der Waals surface area (Å²) in [6, 6.07) is 8.53. The third-order valence-corrected chi connectivity index (χ3v) is 7.89. The van der Waals surface area contributed by atoms with E-state index in [2.05, 4.69) is 24.9 Å². The zero-order valence-corrected chi connectivity index (χ0v) is 22.1. The molecule has 4 heterocycles. The SMILES string of the molecule is COc1cccc(OC)c1-n1c(NS(=O)(=O)C2CC(O)CN(c3ncc(F)cn3)C2)nnc1-c1ccc(C)o1. The van der Waals surface area contributed by atoms with E-state index in [1.165, 1.54) is 23.7 Å². The van der Waals surface area contributed by atoms with Crippen LogP contribution in [-0.4, -0.2) is 76.9 Å². The van der Waals surface area contributed by atoms with Gasteiger partial charge in [0.15, 0.2) is 11.6 Å². The number of aryl methyl sites for hydroxylation is 1. The number of sulfonamides is 1. The quantitative estimate of drug-likeness (QED) is 0.326. The van der Waals surface area contributed by atoms with E-state index in [0.29, 0.717) is 28.7 Å². The molecule has 13 nitrogen and oxygen atoms in total. The van der Waals surface area contributed by atoms with Crippen LogP contribution in [0.3, 0.4) is 0 Å². The minimum absolute atomic E-state index is 0.0472. The molecule has 0 spiro atoms. The van der Waals surface area contributed by atoms with Crippen molar-refractivity contribution >= 4 is 21.9 Å². The average molecular weight is 560 g/mol. The lowest BCUT2D eigenvalue weighted by molar-refractivity contribution is 0.154. The number of piperidine rings is 1. The second-order valence-electron chi connectivity index (χ2n) is 8.87. The number of hydrogen-bond acceptors (Lipinski definition) is 11. The van der Waals surface area contributed by atoms with Gasteiger partial charge in [-0.25, -0.2) is 22.8 Å². The lowest BCUT2D eigenvalue weighted by atomic mass is 10.1. The van der Waals surface area contributed by atoms with Crippen LogP contribution in [0.2, 0.25) is 0 Å². The standard InChI is InChI=1S/C24H26FN7O6S/c1-14-7-8-20(38-14)22-28-29-24(32(22)21-18(36-2)5-4-6-19(21)37-3)30-39(34,35)17-9-16(33)12-31(13-17)23-26-10-15(25)11-27-23/h4-8,10-11,16-17,33H,9,12-13H2,1-3H3,(H,29,30). The number of rotatable bonds is 8. The van der Waals surface area contributed by atoms with Gasteiger partial charge in [0.05, 0.1) is 32.7 Å². The largest absolute Gasteiger partial charge is 0.494 e. The summed E-state index contributed by atoms with van der Waals surface area (Å²) in [6.45, 7) is 1.81. The molecule has 0 bridgehead atoms. The van der Waals surface area contributed by atoms with E-state index in [1.807, 2.05) is 0 Å². The molecule has 1 aromatic carbocycles. The molecule has 5 rings (SSSR count). The Kier molecular flexibility index (Phi) is 7.10. The summed E-state index contributed by atoms with van der Waals surface area (Å²) in [6.07, 6.45) is 0.907. The number of β-amino-alcohol motifs (C(OH)–C–C–N with tert-alkyl or cyclic N) is 1. The number of hydrogen-bond donors (Lipinski definition) is 2. The van der Waals surface area contributed by atoms with Gasteiger partial charge in [0, 0.05) is 13.1 Å². The molecule has 2 unspecified atom stereocenters. The minimum atomic E-state index is -4.17. The molecule has 0 saturated carbocycles. The van der Waals surface area contributed by atoms with E-state index < -0.39 is 27.2 Å². The van der Waals surface area contributed by atoms with Gasteiger partial charge in [0.1, 0.15) is 28.2 Å². The molecule has 3 aromatic heterocycles. The van der Waals surface area contributed by atoms with Gasteiger partial charge in [-0.05, 0) is 37.6 Å². The van der Waals surface area contributed by atoms with Crippen molar-refractivity contribution in [3.8, 4) is 28.8 Å². The predicted octanol–water partition coefficient (Wildman–Crippen LogP) is 2.16. The zero-order valence-electron chi connectivity index (χ0n) is 21.3. The van der Waals surface area contributed by atoms with Gasteiger partial charge in [0.2, 0.25) is 27.7 Å². The Morgan fingerprint density at radius 1 is 1.08 bits per heavy atom. The number of ether oxygens (including phenoxy) is 2. The van der Waals surface area contributed by atoms with Gasteiger partial charge in [-0.1, -0.05) is 6.07 Å². The molecule has 1 aliphatic rings. The van der Waals surface area contributed by atoms with Gasteiger partial charge in [-0.15, -0.1) is 10.2 Å². The molecule has 1 saturated heterocycles. The lowest BCUT2D eigenvalue weighted by Gasteiger charge is -2.35. The smallest absolute Gasteiger partial charge is 0.243 e. The summed E-state index contributed by atoms with van der Waals surface area (Å²) >= 11 is 0. The van der Waals surface area contributed by atoms with Gasteiger partial charge >= 0.3 is 0 Å². The number of aliphatic hydroxyl groups is 1. The van der Waals surface area contributed by atoms with E-state index in [1.54, 1.807) is 37.3 Å². The molecule has 206 valence electrons. The first-order valence-corrected chi connectivity index (χ1v) is 13.4. The Hall–Kier alpha value is -4.24. The molecule has 0 amide bonds. The number of benzene rings is 1. The highest BCUT2D eigenvalue weighted by molar-refractivity contribution is 7.93. The Bertz CT molecular complexity index is 1550. The van der Waals surface area contributed by atoms with Crippen LogP contribution >= 0.6 is 0 Å². The number of nitrogens with one attached hydrogen (secondary N) is 1. The van der Waals surface area contributed by atoms with Crippen LogP contribution in [0.1, 0.15) is 12.2 Å². The first-order chi connectivity index (χ1) is 18.7. The van der Waals surface area contributed by atoms with Crippen LogP contribution < -0.4 is 19.1 Å². The van der Waals surface area contributed by atoms with E-state index in [0.717, 1.165) is 12.4 Å². The average Bonchev–Trinajstić information content (AvgIpc) is 3.53. The second-order valence-corrected chi connectivity index (χ2v) is 10.8. The maximum absolute atomic E-state index is 13.7. The topological polar surface area (TPSA) is 158 Å². The fourth-order valence-corrected chi connectivity index (χ4v) is 5.83. The van der Waals surface area contributed by atoms with Crippen molar-refractivity contribution in [2.24, 2.45) is 0 Å². The van der Waals surface area contributed by atoms with Crippen LogP contribution in [0.25, 0.3) is 17.3 Å². The van der Waals surface area contributed by atoms with Crippen LogP contribution in [0, 0.1) is 12.7 Å². The maximum atomic E-state index is 13.7. The van der Waals surface area contributed by atoms with Gasteiger partial charge < -0.3 is 23.9 Å². The van der Waals surface area contributed by atoms with Crippen LogP contribution in [0.15, 0.2) is 47.1 Å². The summed E-state index contributed by atoms with van der Waals surface area (Å²) in [4.78, 5) is 9.32. The molecule has 4 aromatic rings. The molecule has 1 aliphatic heterocycles. The van der Waals surface area contributed by atoms with E-state index in [4.69, 9.17) is 13.9 Å². The number of para-hydroxylation sites is 1. The number of aliphatic hydroxyl groups excluding tert-OH is 1. The number of nitrogens with zero attached hydrogens (tertiary/aromatic N) is 6. The highest BCUT2D eigenvalue weighted by Crippen LogP contribution is 2.38. The van der Waals surface area contributed by atoms with E-state index >= 15 is 0 Å². The van der Waals surface area contributed by atoms with Crippen LogP contribution in [0.5, 0.6) is 11.5 Å². The Labute approximate surface area is 223 Å². The molecule has 0 radical (unpaired) electrons. The van der Waals surface area contributed by atoms with Gasteiger partial charge in [-0.3, -0.25) is 9.29 Å². The van der Waals surface area contributed by atoms with Crippen molar-refractivity contribution in [1.29, 1.82) is 0 Å². The molecule has 1 fully saturated rings. The highest BCUT2D eigenvalue weighted by Gasteiger charge is 2.37. The fraction of sp³-hybridized carbons (Fsp3) is 0.333. The lowest BCUT2D eigenvalue weighted by Crippen LogP contribution is -2.50. The summed E-state index contributed by atoms with van der Waals surface area (Å²) in [5.41, 5.74) is 0.347. The third kappa shape index (κ3) is 5.22. The van der Waals surface area contributed by atoms with Crippen molar-refractivity contribution in [2.75, 3.05) is 36.9 Å². The maximum Gasteiger partial charge on any atom is 0.243 e. The molecule has 2 atom stereocenters. The van der Waals surface area contributed by atoms with Crippen molar-refractivity contribution < 1.29 is 31.8 Å². The van der Waals surface area contributed by atoms with Crippen molar-refractivity contribution in [3.63, 3.8) is 0 Å². The minimum Gasteiger partial charge on any atom is -0.494 e. The second kappa shape index (κ2) is 10.5. The number of aromatic nitrogens is 5. The highest BCUT2D eigenvalue weighted by atomic mass is 32.2. The summed E-state index contributed by atoms with van der Waals surface area (Å²) in [5, 5.41) is 17.7. The number of methoxy groups -OCH3 is 2. The summed E-state index contributed by atoms with van der Waals surface area (Å²) in [5.74, 6) is 1.22. The first kappa shape index (κ1) is 26.4. The van der Waals surface area contributed by atoms with Crippen molar-refractivity contribution in [3.05, 3.63) is 54.3 Å². The normalized spacial score (nSPS) is 17.7. The number of anilines is 2. The molecular formula is C24H26FN7O6S. The van der Waals surface area contributed by atoms with E-state index in [9.17, 15) is 17.9 Å². The number of halogens is 1. The van der Waals surface area contributed by atoms with E-state index in [-0.39, 0.29) is 37.2 Å². The molecule has 39 heavy (non-hydrogen) atoms. The summed E-state index contributed by atoms with van der Waals surface area (Å²) < 4.78 is 61.5. The Morgan fingerprint density at radius 3 is 2.38 bits per heavy atom. The van der Waals surface area contributed by atoms with Crippen LogP contribution in [-0.2, 0) is 10.0 Å². The molecule has 15 heteroatoms. The fourth-order valence-electron chi connectivity index (χ4n) is 4.42. The third-order valence-electron chi connectivity index (χ3n) is 6.20. The summed E-state index contributed by atoms with van der Waals surface area (Å²) in [7, 11) is -1.23. The Balaban J connectivity index is 1.55. The predicted molar refractivity (Wildman–Crippen MR) is 138 cm³/mol. The molecular weight excluding hydrogens is 533 g/mol. The van der Waals surface area contributed by atoms with Crippen LogP contribution in [0.4, 0.5) is 16.3 Å². The van der Waals surface area contributed by atoms with Gasteiger partial charge in [-0.2, -0.15) is 0 Å². The molecule has 2 N–H and O–H groups in total. The first-order valence-electron chi connectivity index (χ1n) is 11.9. The van der Waals surface area contributed by atoms with Crippen molar-refractivity contribution in [2.45, 2.75) is 24.7 Å². The number of furan rings is 1.